The fourth-order valence-electron chi connectivity index (χ4n) is 2.52. The summed E-state index contributed by atoms with van der Waals surface area (Å²) >= 11 is 0. The minimum Gasteiger partial charge on any atom is -0.496 e. The van der Waals surface area contributed by atoms with Crippen LogP contribution in [-0.4, -0.2) is 46.6 Å². The average Bonchev–Trinajstić information content (AvgIpc) is 2.65. The molecule has 0 spiro atoms. The van der Waals surface area contributed by atoms with Gasteiger partial charge in [0.2, 0.25) is 0 Å². The Morgan fingerprint density at radius 1 is 1.28 bits per heavy atom. The zero-order chi connectivity index (χ0) is 18.4. The number of aliphatic carboxylic acids is 1. The molecule has 25 heavy (non-hydrogen) atoms. The third-order valence-electron chi connectivity index (χ3n) is 4.08. The Kier molecular flexibility index (Phi) is 6.11. The predicted octanol–water partition coefficient (Wildman–Crippen LogP) is 3.08. The largest absolute Gasteiger partial charge is 0.496 e. The summed E-state index contributed by atoms with van der Waals surface area (Å²) in [5.74, 6) is -0.757. The van der Waals surface area contributed by atoms with E-state index in [1.165, 1.54) is 4.90 Å². The summed E-state index contributed by atoms with van der Waals surface area (Å²) in [4.78, 5) is 29.7. The van der Waals surface area contributed by atoms with Gasteiger partial charge in [-0.25, -0.2) is 0 Å². The second-order valence-electron chi connectivity index (χ2n) is 5.71. The molecule has 0 aliphatic heterocycles. The van der Waals surface area contributed by atoms with Gasteiger partial charge in [-0.05, 0) is 43.7 Å². The van der Waals surface area contributed by atoms with Crippen molar-refractivity contribution < 1.29 is 19.4 Å². The van der Waals surface area contributed by atoms with E-state index in [-0.39, 0.29) is 18.5 Å². The predicted molar refractivity (Wildman–Crippen MR) is 94.7 cm³/mol. The molecule has 2 aromatic rings. The smallest absolute Gasteiger partial charge is 0.323 e. The molecule has 132 valence electrons. The average molecular weight is 342 g/mol. The summed E-state index contributed by atoms with van der Waals surface area (Å²) in [5.41, 5.74) is 1.78. The zero-order valence-corrected chi connectivity index (χ0v) is 14.6. The van der Waals surface area contributed by atoms with Gasteiger partial charge in [-0.3, -0.25) is 14.6 Å². The van der Waals surface area contributed by atoms with E-state index in [4.69, 9.17) is 9.84 Å². The van der Waals surface area contributed by atoms with Gasteiger partial charge in [0, 0.05) is 23.4 Å². The molecular weight excluding hydrogens is 320 g/mol. The van der Waals surface area contributed by atoms with Crippen LogP contribution in [0.5, 0.6) is 5.75 Å². The van der Waals surface area contributed by atoms with Crippen molar-refractivity contribution in [1.82, 2.24) is 9.88 Å². The highest BCUT2D eigenvalue weighted by atomic mass is 16.5. The van der Waals surface area contributed by atoms with Gasteiger partial charge in [-0.15, -0.1) is 0 Å². The number of hydrogen-bond acceptors (Lipinski definition) is 4. The highest BCUT2D eigenvalue weighted by Crippen LogP contribution is 2.30. The molecule has 0 aliphatic carbocycles. The lowest BCUT2D eigenvalue weighted by molar-refractivity contribution is -0.138. The summed E-state index contributed by atoms with van der Waals surface area (Å²) in [6.45, 7) is 3.42. The molecule has 1 aromatic carbocycles. The SMILES string of the molecule is CCC(C)N(CC(=O)O)C(=O)c1ccc(OC)c(-c2ccccn2)c1. The van der Waals surface area contributed by atoms with Crippen LogP contribution in [0.1, 0.15) is 30.6 Å². The maximum absolute atomic E-state index is 12.9. The van der Waals surface area contributed by atoms with E-state index < -0.39 is 5.97 Å². The summed E-state index contributed by atoms with van der Waals surface area (Å²) in [7, 11) is 1.55. The van der Waals surface area contributed by atoms with E-state index in [0.717, 1.165) is 0 Å². The lowest BCUT2D eigenvalue weighted by Gasteiger charge is -2.27. The number of carboxylic acids is 1. The van der Waals surface area contributed by atoms with Crippen molar-refractivity contribution in [2.75, 3.05) is 13.7 Å². The molecule has 1 N–H and O–H groups in total. The Morgan fingerprint density at radius 3 is 2.60 bits per heavy atom. The van der Waals surface area contributed by atoms with E-state index in [2.05, 4.69) is 4.98 Å². The molecule has 6 nitrogen and oxygen atoms in total. The van der Waals surface area contributed by atoms with E-state index in [9.17, 15) is 9.59 Å². The Balaban J connectivity index is 2.44. The molecule has 1 aromatic heterocycles. The van der Waals surface area contributed by atoms with Crippen molar-refractivity contribution in [3.63, 3.8) is 0 Å². The quantitative estimate of drug-likeness (QED) is 0.836. The Labute approximate surface area is 147 Å². The highest BCUT2D eigenvalue weighted by molar-refractivity contribution is 5.97. The molecule has 1 heterocycles. The molecule has 0 radical (unpaired) electrons. The molecule has 0 saturated heterocycles. The lowest BCUT2D eigenvalue weighted by atomic mass is 10.0. The van der Waals surface area contributed by atoms with Crippen LogP contribution in [0.15, 0.2) is 42.6 Å². The number of benzene rings is 1. The first kappa shape index (κ1) is 18.4. The first-order chi connectivity index (χ1) is 12.0. The van der Waals surface area contributed by atoms with Crippen LogP contribution < -0.4 is 4.74 Å². The third kappa shape index (κ3) is 4.35. The van der Waals surface area contributed by atoms with Crippen molar-refractivity contribution >= 4 is 11.9 Å². The van der Waals surface area contributed by atoms with Gasteiger partial charge in [0.05, 0.1) is 12.8 Å². The van der Waals surface area contributed by atoms with Crippen molar-refractivity contribution in [2.24, 2.45) is 0 Å². The van der Waals surface area contributed by atoms with E-state index in [0.29, 0.717) is 29.0 Å². The summed E-state index contributed by atoms with van der Waals surface area (Å²) < 4.78 is 5.37. The van der Waals surface area contributed by atoms with Gasteiger partial charge in [-0.2, -0.15) is 0 Å². The maximum atomic E-state index is 12.9. The number of carbonyl (C=O) groups is 2. The summed E-state index contributed by atoms with van der Waals surface area (Å²) in [5, 5.41) is 9.11. The Bertz CT molecular complexity index is 746. The number of hydrogen-bond donors (Lipinski definition) is 1. The lowest BCUT2D eigenvalue weighted by Crippen LogP contribution is -2.41. The van der Waals surface area contributed by atoms with Gasteiger partial charge in [0.1, 0.15) is 12.3 Å². The van der Waals surface area contributed by atoms with E-state index >= 15 is 0 Å². The van der Waals surface area contributed by atoms with Crippen LogP contribution in [-0.2, 0) is 4.79 Å². The molecule has 6 heteroatoms. The molecule has 1 unspecified atom stereocenters. The number of amides is 1. The van der Waals surface area contributed by atoms with Crippen LogP contribution in [0.25, 0.3) is 11.3 Å². The molecule has 2 rings (SSSR count). The van der Waals surface area contributed by atoms with Crippen LogP contribution in [0.4, 0.5) is 0 Å². The van der Waals surface area contributed by atoms with Crippen LogP contribution in [0.2, 0.25) is 0 Å². The summed E-state index contributed by atoms with van der Waals surface area (Å²) in [6.07, 6.45) is 2.33. The molecule has 1 atom stereocenters. The monoisotopic (exact) mass is 342 g/mol. The summed E-state index contributed by atoms with van der Waals surface area (Å²) in [6, 6.07) is 10.4. The number of carbonyl (C=O) groups excluding carboxylic acids is 1. The third-order valence-corrected chi connectivity index (χ3v) is 4.08. The number of methoxy groups -OCH3 is 1. The molecular formula is C19H22N2O4. The Hall–Kier alpha value is -2.89. The highest BCUT2D eigenvalue weighted by Gasteiger charge is 2.24. The van der Waals surface area contributed by atoms with Crippen molar-refractivity contribution in [2.45, 2.75) is 26.3 Å². The second-order valence-corrected chi connectivity index (χ2v) is 5.71. The van der Waals surface area contributed by atoms with Crippen molar-refractivity contribution in [3.05, 3.63) is 48.2 Å². The standard InChI is InChI=1S/C19H22N2O4/c1-4-13(2)21(12-18(22)23)19(24)14-8-9-17(25-3)15(11-14)16-7-5-6-10-20-16/h5-11,13H,4,12H2,1-3H3,(H,22,23). The number of nitrogens with zero attached hydrogens (tertiary/aromatic N) is 2. The Morgan fingerprint density at radius 2 is 2.04 bits per heavy atom. The minimum atomic E-state index is -1.04. The molecule has 0 aliphatic rings. The minimum absolute atomic E-state index is 0.177. The van der Waals surface area contributed by atoms with Crippen molar-refractivity contribution in [3.8, 4) is 17.0 Å². The van der Waals surface area contributed by atoms with Gasteiger partial charge >= 0.3 is 5.97 Å². The number of rotatable bonds is 7. The fraction of sp³-hybridized carbons (Fsp3) is 0.316. The van der Waals surface area contributed by atoms with E-state index in [1.807, 2.05) is 32.0 Å². The van der Waals surface area contributed by atoms with Gasteiger partial charge in [-0.1, -0.05) is 13.0 Å². The number of pyridine rings is 1. The fourth-order valence-corrected chi connectivity index (χ4v) is 2.52. The topological polar surface area (TPSA) is 79.7 Å². The maximum Gasteiger partial charge on any atom is 0.323 e. The van der Waals surface area contributed by atoms with Crippen LogP contribution >= 0.6 is 0 Å². The van der Waals surface area contributed by atoms with Crippen LogP contribution in [0.3, 0.4) is 0 Å². The molecule has 0 fully saturated rings. The molecule has 1 amide bonds. The molecule has 0 saturated carbocycles. The van der Waals surface area contributed by atoms with Gasteiger partial charge < -0.3 is 14.7 Å². The number of ether oxygens (including phenoxy) is 1. The zero-order valence-electron chi connectivity index (χ0n) is 14.6. The first-order valence-electron chi connectivity index (χ1n) is 8.10. The van der Waals surface area contributed by atoms with E-state index in [1.54, 1.807) is 31.5 Å². The van der Waals surface area contributed by atoms with Crippen molar-refractivity contribution in [1.29, 1.82) is 0 Å². The molecule has 0 bridgehead atoms. The number of carboxylic acid groups (broad SMARTS) is 1. The van der Waals surface area contributed by atoms with Gasteiger partial charge in [0.15, 0.2) is 0 Å². The van der Waals surface area contributed by atoms with Crippen LogP contribution in [0, 0.1) is 0 Å². The second kappa shape index (κ2) is 8.28. The number of aromatic nitrogens is 1. The normalized spacial score (nSPS) is 11.6. The van der Waals surface area contributed by atoms with Gasteiger partial charge in [0.25, 0.3) is 5.91 Å². The first-order valence-corrected chi connectivity index (χ1v) is 8.10.